The molecule has 1 aromatic heterocycles. The second-order valence-electron chi connectivity index (χ2n) is 5.43. The lowest BCUT2D eigenvalue weighted by molar-refractivity contribution is -0.142. The molecule has 0 spiro atoms. The van der Waals surface area contributed by atoms with Gasteiger partial charge in [-0.2, -0.15) is 0 Å². The third kappa shape index (κ3) is 5.77. The molecule has 0 radical (unpaired) electrons. The Balaban J connectivity index is 0.00000312. The summed E-state index contributed by atoms with van der Waals surface area (Å²) in [5.74, 6) is -1.23. The van der Waals surface area contributed by atoms with Crippen LogP contribution in [0.5, 0.6) is 0 Å². The average molecular weight is 385 g/mol. The molecule has 0 aliphatic heterocycles. The monoisotopic (exact) mass is 384 g/mol. The van der Waals surface area contributed by atoms with E-state index in [4.69, 9.17) is 5.11 Å². The van der Waals surface area contributed by atoms with Gasteiger partial charge in [-0.25, -0.2) is 0 Å². The summed E-state index contributed by atoms with van der Waals surface area (Å²) in [4.78, 5) is 24.8. The first kappa shape index (κ1) is 21.0. The lowest BCUT2D eigenvalue weighted by Gasteiger charge is -2.18. The minimum atomic E-state index is -0.907. The van der Waals surface area contributed by atoms with E-state index in [2.05, 4.69) is 22.4 Å². The van der Waals surface area contributed by atoms with Gasteiger partial charge in [-0.05, 0) is 38.1 Å². The highest BCUT2D eigenvalue weighted by Crippen LogP contribution is 2.16. The van der Waals surface area contributed by atoms with Crippen LogP contribution in [0.25, 0.3) is 0 Å². The van der Waals surface area contributed by atoms with Crippen molar-refractivity contribution in [2.75, 3.05) is 12.4 Å². The van der Waals surface area contributed by atoms with Crippen molar-refractivity contribution in [3.63, 3.8) is 0 Å². The number of carboxylic acids is 1. The maximum absolute atomic E-state index is 12.2. The standard InChI is InChI=1S/C16H20N4O3S.ClH/c1-4-11-5-7-12(8-6-11)17-14(21)15-19-18-13(24-15)9-20(3)10(2)16(22)23;/h5-8,10H,4,9H2,1-3H3,(H,17,21)(H,22,23);1H. The van der Waals surface area contributed by atoms with Gasteiger partial charge in [0.25, 0.3) is 5.91 Å². The van der Waals surface area contributed by atoms with Crippen molar-refractivity contribution in [2.24, 2.45) is 0 Å². The van der Waals surface area contributed by atoms with Crippen LogP contribution in [0.3, 0.4) is 0 Å². The SMILES string of the molecule is CCc1ccc(NC(=O)c2nnc(CN(C)C(C)C(=O)O)s2)cc1.Cl. The van der Waals surface area contributed by atoms with Crippen molar-refractivity contribution in [1.82, 2.24) is 15.1 Å². The molecule has 0 saturated carbocycles. The third-order valence-corrected chi connectivity index (χ3v) is 4.59. The minimum absolute atomic E-state index is 0. The fourth-order valence-electron chi connectivity index (χ4n) is 1.96. The first-order valence-corrected chi connectivity index (χ1v) is 8.38. The number of aryl methyl sites for hydroxylation is 1. The molecule has 0 aliphatic rings. The van der Waals surface area contributed by atoms with E-state index in [1.165, 1.54) is 5.56 Å². The Morgan fingerprint density at radius 1 is 1.28 bits per heavy atom. The number of likely N-dealkylation sites (N-methyl/N-ethyl adjacent to an activating group) is 1. The first-order chi connectivity index (χ1) is 11.4. The maximum atomic E-state index is 12.2. The molecule has 0 saturated heterocycles. The van der Waals surface area contributed by atoms with Crippen LogP contribution >= 0.6 is 23.7 Å². The molecular weight excluding hydrogens is 364 g/mol. The highest BCUT2D eigenvalue weighted by atomic mass is 35.5. The van der Waals surface area contributed by atoms with E-state index < -0.39 is 12.0 Å². The average Bonchev–Trinajstić information content (AvgIpc) is 3.03. The molecule has 2 rings (SSSR count). The fraction of sp³-hybridized carbons (Fsp3) is 0.375. The number of nitrogens with zero attached hydrogens (tertiary/aromatic N) is 3. The number of aliphatic carboxylic acids is 1. The Kier molecular flexibility index (Phi) is 7.95. The topological polar surface area (TPSA) is 95.4 Å². The number of carboxylic acid groups (broad SMARTS) is 1. The smallest absolute Gasteiger partial charge is 0.320 e. The molecule has 9 heteroatoms. The predicted octanol–water partition coefficient (Wildman–Crippen LogP) is 2.68. The van der Waals surface area contributed by atoms with Crippen molar-refractivity contribution < 1.29 is 14.7 Å². The number of halogens is 1. The number of hydrogen-bond acceptors (Lipinski definition) is 6. The third-order valence-electron chi connectivity index (χ3n) is 3.68. The number of carbonyl (C=O) groups is 2. The van der Waals surface area contributed by atoms with Crippen LogP contribution < -0.4 is 5.32 Å². The number of carbonyl (C=O) groups excluding carboxylic acids is 1. The molecular formula is C16H21ClN4O3S. The molecule has 25 heavy (non-hydrogen) atoms. The summed E-state index contributed by atoms with van der Waals surface area (Å²) >= 11 is 1.16. The number of benzene rings is 1. The summed E-state index contributed by atoms with van der Waals surface area (Å²) in [6, 6.07) is 6.98. The first-order valence-electron chi connectivity index (χ1n) is 7.56. The van der Waals surface area contributed by atoms with Gasteiger partial charge in [0.2, 0.25) is 5.01 Å². The summed E-state index contributed by atoms with van der Waals surface area (Å²) in [5, 5.41) is 20.5. The van der Waals surface area contributed by atoms with Gasteiger partial charge in [0.1, 0.15) is 11.0 Å². The molecule has 0 fully saturated rings. The lowest BCUT2D eigenvalue weighted by atomic mass is 10.1. The highest BCUT2D eigenvalue weighted by Gasteiger charge is 2.19. The molecule has 1 atom stereocenters. The summed E-state index contributed by atoms with van der Waals surface area (Å²) in [6.45, 7) is 3.99. The molecule has 1 aromatic carbocycles. The molecule has 0 bridgehead atoms. The van der Waals surface area contributed by atoms with Gasteiger partial charge in [0.05, 0.1) is 6.54 Å². The zero-order valence-corrected chi connectivity index (χ0v) is 15.9. The fourth-order valence-corrected chi connectivity index (χ4v) is 2.75. The van der Waals surface area contributed by atoms with Crippen LogP contribution in [0.2, 0.25) is 0 Å². The summed E-state index contributed by atoms with van der Waals surface area (Å²) in [6.07, 6.45) is 0.941. The molecule has 0 aliphatic carbocycles. The lowest BCUT2D eigenvalue weighted by Crippen LogP contribution is -2.35. The van der Waals surface area contributed by atoms with Gasteiger partial charge in [0, 0.05) is 5.69 Å². The molecule has 2 aromatic rings. The van der Waals surface area contributed by atoms with E-state index in [1.54, 1.807) is 18.9 Å². The maximum Gasteiger partial charge on any atom is 0.320 e. The molecule has 1 heterocycles. The van der Waals surface area contributed by atoms with Crippen LogP contribution in [0.1, 0.15) is 34.2 Å². The normalized spacial score (nSPS) is 11.7. The van der Waals surface area contributed by atoms with Gasteiger partial charge in [0.15, 0.2) is 0 Å². The quantitative estimate of drug-likeness (QED) is 0.762. The highest BCUT2D eigenvalue weighted by molar-refractivity contribution is 7.13. The van der Waals surface area contributed by atoms with Crippen molar-refractivity contribution in [3.8, 4) is 0 Å². The zero-order chi connectivity index (χ0) is 17.7. The Labute approximate surface area is 156 Å². The molecule has 2 N–H and O–H groups in total. The van der Waals surface area contributed by atoms with Crippen molar-refractivity contribution in [2.45, 2.75) is 32.9 Å². The number of aromatic nitrogens is 2. The van der Waals surface area contributed by atoms with Crippen molar-refractivity contribution in [3.05, 3.63) is 39.8 Å². The van der Waals surface area contributed by atoms with Crippen molar-refractivity contribution in [1.29, 1.82) is 0 Å². The van der Waals surface area contributed by atoms with E-state index in [0.717, 1.165) is 17.8 Å². The number of hydrogen-bond donors (Lipinski definition) is 2. The largest absolute Gasteiger partial charge is 0.480 e. The second-order valence-corrected chi connectivity index (χ2v) is 6.50. The number of amides is 1. The van der Waals surface area contributed by atoms with Crippen LogP contribution in [0.4, 0.5) is 5.69 Å². The Bertz CT molecular complexity index is 720. The Morgan fingerprint density at radius 3 is 2.48 bits per heavy atom. The predicted molar refractivity (Wildman–Crippen MR) is 99.5 cm³/mol. The summed E-state index contributed by atoms with van der Waals surface area (Å²) < 4.78 is 0. The number of nitrogens with one attached hydrogen (secondary N) is 1. The van der Waals surface area contributed by atoms with Crippen LogP contribution in [-0.4, -0.2) is 45.2 Å². The molecule has 136 valence electrons. The molecule has 1 amide bonds. The van der Waals surface area contributed by atoms with Gasteiger partial charge >= 0.3 is 5.97 Å². The minimum Gasteiger partial charge on any atom is -0.480 e. The van der Waals surface area contributed by atoms with E-state index in [9.17, 15) is 9.59 Å². The van der Waals surface area contributed by atoms with Crippen LogP contribution in [0, 0.1) is 0 Å². The Hall–Kier alpha value is -2.03. The summed E-state index contributed by atoms with van der Waals surface area (Å²) in [5.41, 5.74) is 1.90. The van der Waals surface area contributed by atoms with Gasteiger partial charge in [-0.15, -0.1) is 22.6 Å². The van der Waals surface area contributed by atoms with Gasteiger partial charge in [-0.1, -0.05) is 30.4 Å². The van der Waals surface area contributed by atoms with Crippen LogP contribution in [-0.2, 0) is 17.8 Å². The molecule has 7 nitrogen and oxygen atoms in total. The zero-order valence-electron chi connectivity index (χ0n) is 14.2. The van der Waals surface area contributed by atoms with Crippen LogP contribution in [0.15, 0.2) is 24.3 Å². The van der Waals surface area contributed by atoms with E-state index in [-0.39, 0.29) is 23.3 Å². The number of rotatable bonds is 7. The molecule has 1 unspecified atom stereocenters. The van der Waals surface area contributed by atoms with Gasteiger partial charge in [-0.3, -0.25) is 14.5 Å². The van der Waals surface area contributed by atoms with E-state index >= 15 is 0 Å². The van der Waals surface area contributed by atoms with Gasteiger partial charge < -0.3 is 10.4 Å². The number of anilines is 1. The van der Waals surface area contributed by atoms with E-state index in [1.807, 2.05) is 24.3 Å². The second kappa shape index (κ2) is 9.45. The summed E-state index contributed by atoms with van der Waals surface area (Å²) in [7, 11) is 1.69. The van der Waals surface area contributed by atoms with E-state index in [0.29, 0.717) is 17.2 Å². The van der Waals surface area contributed by atoms with Crippen molar-refractivity contribution >= 4 is 41.3 Å². The Morgan fingerprint density at radius 2 is 1.92 bits per heavy atom.